The summed E-state index contributed by atoms with van der Waals surface area (Å²) in [4.78, 5) is 0. The van der Waals surface area contributed by atoms with Crippen LogP contribution in [-0.4, -0.2) is 12.6 Å². The summed E-state index contributed by atoms with van der Waals surface area (Å²) in [7, 11) is 0. The first-order valence-electron chi connectivity index (χ1n) is 5.70. The lowest BCUT2D eigenvalue weighted by molar-refractivity contribution is 0.318. The van der Waals surface area contributed by atoms with E-state index in [1.54, 1.807) is 0 Å². The van der Waals surface area contributed by atoms with Gasteiger partial charge in [0.1, 0.15) is 5.75 Å². The number of nitrogens with two attached hydrogens (primary N) is 1. The number of hydrogen-bond donors (Lipinski definition) is 1. The van der Waals surface area contributed by atoms with Crippen molar-refractivity contribution in [3.05, 3.63) is 42.0 Å². The van der Waals surface area contributed by atoms with Crippen LogP contribution in [0.3, 0.4) is 0 Å². The molecule has 0 bridgehead atoms. The summed E-state index contributed by atoms with van der Waals surface area (Å²) < 4.78 is 5.73. The van der Waals surface area contributed by atoms with E-state index in [1.807, 2.05) is 32.0 Å². The predicted molar refractivity (Wildman–Crippen MR) is 68.7 cm³/mol. The fourth-order valence-electron chi connectivity index (χ4n) is 1.50. The summed E-state index contributed by atoms with van der Waals surface area (Å²) >= 11 is 0. The average molecular weight is 219 g/mol. The standard InChI is InChI=1S/C14H21NO/c1-11(2)8-9-16-14-7-5-4-6-13(14)10-12(3)15/h4-7,12H,1,8-10,15H2,2-3H3. The van der Waals surface area contributed by atoms with Crippen molar-refractivity contribution in [2.75, 3.05) is 6.61 Å². The van der Waals surface area contributed by atoms with Crippen LogP contribution in [0, 0.1) is 0 Å². The molecule has 1 aromatic carbocycles. The van der Waals surface area contributed by atoms with Crippen LogP contribution in [0.5, 0.6) is 5.75 Å². The maximum absolute atomic E-state index is 5.80. The Hall–Kier alpha value is -1.28. The third-order valence-electron chi connectivity index (χ3n) is 2.30. The lowest BCUT2D eigenvalue weighted by Gasteiger charge is -2.12. The van der Waals surface area contributed by atoms with Crippen molar-refractivity contribution in [3.8, 4) is 5.75 Å². The third-order valence-corrected chi connectivity index (χ3v) is 2.30. The van der Waals surface area contributed by atoms with Gasteiger partial charge in [-0.1, -0.05) is 23.8 Å². The zero-order valence-electron chi connectivity index (χ0n) is 10.2. The molecule has 0 aliphatic heterocycles. The van der Waals surface area contributed by atoms with Crippen LogP contribution in [-0.2, 0) is 6.42 Å². The molecule has 2 heteroatoms. The van der Waals surface area contributed by atoms with Gasteiger partial charge in [-0.3, -0.25) is 0 Å². The molecule has 16 heavy (non-hydrogen) atoms. The third kappa shape index (κ3) is 4.49. The maximum atomic E-state index is 5.80. The van der Waals surface area contributed by atoms with E-state index in [0.29, 0.717) is 6.61 Å². The number of ether oxygens (including phenoxy) is 1. The minimum absolute atomic E-state index is 0.158. The molecule has 0 aromatic heterocycles. The van der Waals surface area contributed by atoms with Crippen molar-refractivity contribution in [3.63, 3.8) is 0 Å². The van der Waals surface area contributed by atoms with Gasteiger partial charge < -0.3 is 10.5 Å². The van der Waals surface area contributed by atoms with Crippen LogP contribution in [0.1, 0.15) is 25.8 Å². The first-order valence-corrected chi connectivity index (χ1v) is 5.70. The molecule has 0 radical (unpaired) electrons. The van der Waals surface area contributed by atoms with Crippen LogP contribution in [0.2, 0.25) is 0 Å². The molecular formula is C14H21NO. The van der Waals surface area contributed by atoms with E-state index in [-0.39, 0.29) is 6.04 Å². The van der Waals surface area contributed by atoms with Gasteiger partial charge in [0.2, 0.25) is 0 Å². The van der Waals surface area contributed by atoms with Crippen LogP contribution < -0.4 is 10.5 Å². The Bertz CT molecular complexity index is 344. The van der Waals surface area contributed by atoms with Gasteiger partial charge in [-0.15, -0.1) is 6.58 Å². The van der Waals surface area contributed by atoms with Gasteiger partial charge >= 0.3 is 0 Å². The second kappa shape index (κ2) is 6.33. The smallest absolute Gasteiger partial charge is 0.122 e. The average Bonchev–Trinajstić information content (AvgIpc) is 2.19. The molecule has 0 aliphatic rings. The molecule has 1 aromatic rings. The number of para-hydroxylation sites is 1. The SMILES string of the molecule is C=C(C)CCOc1ccccc1CC(C)N. The second-order valence-corrected chi connectivity index (χ2v) is 4.34. The molecule has 88 valence electrons. The van der Waals surface area contributed by atoms with Crippen molar-refractivity contribution >= 4 is 0 Å². The topological polar surface area (TPSA) is 35.2 Å². The van der Waals surface area contributed by atoms with E-state index >= 15 is 0 Å². The van der Waals surface area contributed by atoms with Gasteiger partial charge in [-0.25, -0.2) is 0 Å². The minimum Gasteiger partial charge on any atom is -0.493 e. The Morgan fingerprint density at radius 2 is 2.12 bits per heavy atom. The van der Waals surface area contributed by atoms with E-state index < -0.39 is 0 Å². The second-order valence-electron chi connectivity index (χ2n) is 4.34. The molecule has 0 heterocycles. The molecular weight excluding hydrogens is 198 g/mol. The fraction of sp³-hybridized carbons (Fsp3) is 0.429. The summed E-state index contributed by atoms with van der Waals surface area (Å²) in [6.07, 6.45) is 1.75. The van der Waals surface area contributed by atoms with Crippen LogP contribution >= 0.6 is 0 Å². The van der Waals surface area contributed by atoms with Gasteiger partial charge in [0, 0.05) is 12.5 Å². The summed E-state index contributed by atoms with van der Waals surface area (Å²) in [6, 6.07) is 8.23. The highest BCUT2D eigenvalue weighted by molar-refractivity contribution is 5.33. The Kier molecular flexibility index (Phi) is 5.06. The van der Waals surface area contributed by atoms with E-state index in [1.165, 1.54) is 5.56 Å². The number of benzene rings is 1. The number of hydrogen-bond acceptors (Lipinski definition) is 2. The van der Waals surface area contributed by atoms with Crippen LogP contribution in [0.4, 0.5) is 0 Å². The molecule has 2 nitrogen and oxygen atoms in total. The molecule has 1 atom stereocenters. The molecule has 1 rings (SSSR count). The zero-order valence-corrected chi connectivity index (χ0v) is 10.2. The van der Waals surface area contributed by atoms with Gasteiger partial charge in [0.15, 0.2) is 0 Å². The summed E-state index contributed by atoms with van der Waals surface area (Å²) in [5.74, 6) is 0.945. The zero-order chi connectivity index (χ0) is 12.0. The predicted octanol–water partition coefficient (Wildman–Crippen LogP) is 2.92. The van der Waals surface area contributed by atoms with Gasteiger partial charge in [0.05, 0.1) is 6.61 Å². The molecule has 2 N–H and O–H groups in total. The molecule has 0 saturated carbocycles. The fourth-order valence-corrected chi connectivity index (χ4v) is 1.50. The van der Waals surface area contributed by atoms with Gasteiger partial charge in [-0.05, 0) is 31.9 Å². The highest BCUT2D eigenvalue weighted by Gasteiger charge is 2.04. The quantitative estimate of drug-likeness (QED) is 0.747. The van der Waals surface area contributed by atoms with Gasteiger partial charge in [-0.2, -0.15) is 0 Å². The Morgan fingerprint density at radius 1 is 1.44 bits per heavy atom. The van der Waals surface area contributed by atoms with E-state index in [0.717, 1.165) is 24.2 Å². The monoisotopic (exact) mass is 219 g/mol. The minimum atomic E-state index is 0.158. The summed E-state index contributed by atoms with van der Waals surface area (Å²) in [5.41, 5.74) is 8.12. The van der Waals surface area contributed by atoms with Crippen molar-refractivity contribution in [2.45, 2.75) is 32.7 Å². The first-order chi connectivity index (χ1) is 7.59. The molecule has 0 amide bonds. The Balaban J connectivity index is 2.60. The maximum Gasteiger partial charge on any atom is 0.122 e. The molecule has 1 unspecified atom stereocenters. The van der Waals surface area contributed by atoms with E-state index in [2.05, 4.69) is 12.6 Å². The summed E-state index contributed by atoms with van der Waals surface area (Å²) in [5, 5.41) is 0. The Morgan fingerprint density at radius 3 is 2.75 bits per heavy atom. The lowest BCUT2D eigenvalue weighted by atomic mass is 10.1. The summed E-state index contributed by atoms with van der Waals surface area (Å²) in [6.45, 7) is 8.56. The van der Waals surface area contributed by atoms with Crippen molar-refractivity contribution in [2.24, 2.45) is 5.73 Å². The molecule has 0 saturated heterocycles. The van der Waals surface area contributed by atoms with Crippen molar-refractivity contribution in [1.82, 2.24) is 0 Å². The number of rotatable bonds is 6. The molecule has 0 spiro atoms. The van der Waals surface area contributed by atoms with Crippen molar-refractivity contribution in [1.29, 1.82) is 0 Å². The largest absolute Gasteiger partial charge is 0.493 e. The highest BCUT2D eigenvalue weighted by atomic mass is 16.5. The van der Waals surface area contributed by atoms with E-state index in [4.69, 9.17) is 10.5 Å². The van der Waals surface area contributed by atoms with Gasteiger partial charge in [0.25, 0.3) is 0 Å². The van der Waals surface area contributed by atoms with Crippen LogP contribution in [0.25, 0.3) is 0 Å². The van der Waals surface area contributed by atoms with Crippen LogP contribution in [0.15, 0.2) is 36.4 Å². The normalized spacial score (nSPS) is 12.2. The first kappa shape index (κ1) is 12.8. The Labute approximate surface area is 98.1 Å². The molecule has 0 fully saturated rings. The van der Waals surface area contributed by atoms with Crippen molar-refractivity contribution < 1.29 is 4.74 Å². The lowest BCUT2D eigenvalue weighted by Crippen LogP contribution is -2.18. The molecule has 0 aliphatic carbocycles. The highest BCUT2D eigenvalue weighted by Crippen LogP contribution is 2.19. The van der Waals surface area contributed by atoms with E-state index in [9.17, 15) is 0 Å².